The normalized spacial score (nSPS) is 11.9. The first-order valence-corrected chi connectivity index (χ1v) is 7.20. The van der Waals surface area contributed by atoms with Gasteiger partial charge >= 0.3 is 5.76 Å². The van der Waals surface area contributed by atoms with Gasteiger partial charge in [-0.3, -0.25) is 4.79 Å². The predicted molar refractivity (Wildman–Crippen MR) is 67.7 cm³/mol. The highest BCUT2D eigenvalue weighted by Gasteiger charge is 2.26. The van der Waals surface area contributed by atoms with Gasteiger partial charge < -0.3 is 5.32 Å². The molecule has 1 aromatic carbocycles. The fourth-order valence-electron chi connectivity index (χ4n) is 1.41. The second-order valence-corrected chi connectivity index (χ2v) is 6.39. The number of nitrogens with one attached hydrogen (secondary N) is 1. The highest BCUT2D eigenvalue weighted by atomic mass is 32.2. The zero-order valence-electron chi connectivity index (χ0n) is 10.6. The number of halogens is 2. The maximum Gasteiger partial charge on any atom is 0.341 e. The number of carbonyl (C=O) groups is 1. The van der Waals surface area contributed by atoms with E-state index < -0.39 is 20.5 Å². The standard InChI is InChI=1S/C12H15F2NO3S/c1-8(2)7-11(16)15-9-3-5-10(6-4-9)19(17,18)12(13)14/h3-6,8,12H,7H2,1-2H3,(H,15,16). The van der Waals surface area contributed by atoms with E-state index in [1.807, 2.05) is 13.8 Å². The molecule has 0 heterocycles. The Kier molecular flexibility index (Phi) is 4.99. The molecule has 0 aliphatic heterocycles. The van der Waals surface area contributed by atoms with Crippen LogP contribution in [0.4, 0.5) is 14.5 Å². The number of benzene rings is 1. The SMILES string of the molecule is CC(C)CC(=O)Nc1ccc(S(=O)(=O)C(F)F)cc1. The maximum absolute atomic E-state index is 12.3. The first kappa shape index (κ1) is 15.6. The van der Waals surface area contributed by atoms with Gasteiger partial charge in [-0.2, -0.15) is 8.78 Å². The van der Waals surface area contributed by atoms with Crippen LogP contribution in [-0.4, -0.2) is 20.1 Å². The molecule has 0 radical (unpaired) electrons. The Morgan fingerprint density at radius 2 is 1.74 bits per heavy atom. The van der Waals surface area contributed by atoms with Crippen LogP contribution in [0.25, 0.3) is 0 Å². The lowest BCUT2D eigenvalue weighted by Gasteiger charge is -2.08. The third-order valence-electron chi connectivity index (χ3n) is 2.29. The monoisotopic (exact) mass is 291 g/mol. The van der Waals surface area contributed by atoms with Gasteiger partial charge in [0, 0.05) is 12.1 Å². The number of amides is 1. The third-order valence-corrected chi connectivity index (χ3v) is 3.69. The number of hydrogen-bond donors (Lipinski definition) is 1. The molecule has 0 aromatic heterocycles. The molecule has 1 rings (SSSR count). The fourth-order valence-corrected chi connectivity index (χ4v) is 2.13. The Morgan fingerprint density at radius 1 is 1.21 bits per heavy atom. The molecule has 0 bridgehead atoms. The Balaban J connectivity index is 2.81. The van der Waals surface area contributed by atoms with E-state index in [0.29, 0.717) is 12.1 Å². The van der Waals surface area contributed by atoms with Crippen molar-refractivity contribution >= 4 is 21.4 Å². The summed E-state index contributed by atoms with van der Waals surface area (Å²) in [4.78, 5) is 11.0. The van der Waals surface area contributed by atoms with Gasteiger partial charge in [-0.25, -0.2) is 8.42 Å². The van der Waals surface area contributed by atoms with E-state index in [1.165, 1.54) is 12.1 Å². The predicted octanol–water partition coefficient (Wildman–Crippen LogP) is 2.67. The minimum Gasteiger partial charge on any atom is -0.326 e. The zero-order chi connectivity index (χ0) is 14.6. The Morgan fingerprint density at radius 3 is 2.16 bits per heavy atom. The van der Waals surface area contributed by atoms with Gasteiger partial charge in [0.15, 0.2) is 0 Å². The number of sulfone groups is 1. The van der Waals surface area contributed by atoms with E-state index in [4.69, 9.17) is 0 Å². The van der Waals surface area contributed by atoms with Crippen LogP contribution in [0.15, 0.2) is 29.2 Å². The van der Waals surface area contributed by atoms with E-state index in [0.717, 1.165) is 12.1 Å². The molecule has 0 unspecified atom stereocenters. The number of carbonyl (C=O) groups excluding carboxylic acids is 1. The average Bonchev–Trinajstić information content (AvgIpc) is 2.28. The van der Waals surface area contributed by atoms with Gasteiger partial charge in [0.2, 0.25) is 15.7 Å². The van der Waals surface area contributed by atoms with Gasteiger partial charge in [0.25, 0.3) is 0 Å². The van der Waals surface area contributed by atoms with Crippen LogP contribution in [-0.2, 0) is 14.6 Å². The van der Waals surface area contributed by atoms with E-state index in [2.05, 4.69) is 5.32 Å². The van der Waals surface area contributed by atoms with Crippen LogP contribution in [0.5, 0.6) is 0 Å². The first-order valence-electron chi connectivity index (χ1n) is 5.65. The molecule has 106 valence electrons. The van der Waals surface area contributed by atoms with Crippen LogP contribution in [0, 0.1) is 5.92 Å². The molecule has 0 spiro atoms. The summed E-state index contributed by atoms with van der Waals surface area (Å²) in [6.45, 7) is 3.77. The highest BCUT2D eigenvalue weighted by molar-refractivity contribution is 7.91. The van der Waals surface area contributed by atoms with E-state index in [-0.39, 0.29) is 11.8 Å². The summed E-state index contributed by atoms with van der Waals surface area (Å²) < 4.78 is 46.9. The van der Waals surface area contributed by atoms with Crippen molar-refractivity contribution in [3.63, 3.8) is 0 Å². The van der Waals surface area contributed by atoms with Crippen LogP contribution >= 0.6 is 0 Å². The summed E-state index contributed by atoms with van der Waals surface area (Å²) in [6, 6.07) is 4.67. The lowest BCUT2D eigenvalue weighted by atomic mass is 10.1. The van der Waals surface area contributed by atoms with Crippen molar-refractivity contribution < 1.29 is 22.0 Å². The molecule has 0 aliphatic rings. The summed E-state index contributed by atoms with van der Waals surface area (Å²) >= 11 is 0. The second-order valence-electron chi connectivity index (χ2n) is 4.48. The molecule has 0 saturated carbocycles. The van der Waals surface area contributed by atoms with E-state index in [9.17, 15) is 22.0 Å². The van der Waals surface area contributed by atoms with Crippen LogP contribution in [0.1, 0.15) is 20.3 Å². The maximum atomic E-state index is 12.3. The van der Waals surface area contributed by atoms with E-state index >= 15 is 0 Å². The van der Waals surface area contributed by atoms with Crippen molar-refractivity contribution in [1.82, 2.24) is 0 Å². The van der Waals surface area contributed by atoms with Crippen molar-refractivity contribution in [2.75, 3.05) is 5.32 Å². The number of alkyl halides is 2. The van der Waals surface area contributed by atoms with Crippen LogP contribution in [0.3, 0.4) is 0 Å². The fraction of sp³-hybridized carbons (Fsp3) is 0.417. The molecule has 1 aromatic rings. The summed E-state index contributed by atoms with van der Waals surface area (Å²) in [5.41, 5.74) is 0.374. The summed E-state index contributed by atoms with van der Waals surface area (Å²) in [5.74, 6) is -3.47. The minimum atomic E-state index is -4.59. The summed E-state index contributed by atoms with van der Waals surface area (Å²) in [7, 11) is -4.59. The number of hydrogen-bond acceptors (Lipinski definition) is 3. The van der Waals surface area contributed by atoms with Crippen molar-refractivity contribution in [3.8, 4) is 0 Å². The molecule has 19 heavy (non-hydrogen) atoms. The lowest BCUT2D eigenvalue weighted by molar-refractivity contribution is -0.116. The topological polar surface area (TPSA) is 63.2 Å². The minimum absolute atomic E-state index is 0.193. The molecular weight excluding hydrogens is 276 g/mol. The van der Waals surface area contributed by atoms with Gasteiger partial charge in [0.1, 0.15) is 0 Å². The van der Waals surface area contributed by atoms with Crippen molar-refractivity contribution in [2.45, 2.75) is 30.9 Å². The van der Waals surface area contributed by atoms with Gasteiger partial charge in [0.05, 0.1) is 4.90 Å². The molecule has 7 heteroatoms. The molecule has 0 aliphatic carbocycles. The van der Waals surface area contributed by atoms with Gasteiger partial charge in [-0.1, -0.05) is 13.8 Å². The lowest BCUT2D eigenvalue weighted by Crippen LogP contribution is -2.14. The molecule has 0 atom stereocenters. The number of anilines is 1. The molecule has 4 nitrogen and oxygen atoms in total. The smallest absolute Gasteiger partial charge is 0.326 e. The molecule has 1 amide bonds. The van der Waals surface area contributed by atoms with Gasteiger partial charge in [-0.15, -0.1) is 0 Å². The third kappa shape index (κ3) is 4.27. The molecular formula is C12H15F2NO3S. The van der Waals surface area contributed by atoms with E-state index in [1.54, 1.807) is 0 Å². The molecule has 1 N–H and O–H groups in total. The molecule has 0 fully saturated rings. The van der Waals surface area contributed by atoms with Crippen LogP contribution in [0.2, 0.25) is 0 Å². The zero-order valence-corrected chi connectivity index (χ0v) is 11.4. The van der Waals surface area contributed by atoms with Crippen LogP contribution < -0.4 is 5.32 Å². The summed E-state index contributed by atoms with van der Waals surface area (Å²) in [5, 5.41) is 2.56. The van der Waals surface area contributed by atoms with Gasteiger partial charge in [-0.05, 0) is 30.2 Å². The average molecular weight is 291 g/mol. The second kappa shape index (κ2) is 6.10. The largest absolute Gasteiger partial charge is 0.341 e. The van der Waals surface area contributed by atoms with Crippen molar-refractivity contribution in [3.05, 3.63) is 24.3 Å². The quantitative estimate of drug-likeness (QED) is 0.907. The summed E-state index contributed by atoms with van der Waals surface area (Å²) in [6.07, 6.45) is 0.330. The molecule has 0 saturated heterocycles. The van der Waals surface area contributed by atoms with Crippen molar-refractivity contribution in [1.29, 1.82) is 0 Å². The Hall–Kier alpha value is -1.50. The first-order chi connectivity index (χ1) is 8.73. The highest BCUT2D eigenvalue weighted by Crippen LogP contribution is 2.20. The Labute approximate surface area is 110 Å². The Bertz CT molecular complexity index is 539. The number of rotatable bonds is 5. The van der Waals surface area contributed by atoms with Crippen molar-refractivity contribution in [2.24, 2.45) is 5.92 Å².